The van der Waals surface area contributed by atoms with Crippen LogP contribution in [0, 0.1) is 0 Å². The molecular formula is C13H11Cl2NO4. The minimum Gasteiger partial charge on any atom is -0.390 e. The zero-order chi connectivity index (χ0) is 15.0. The Bertz CT molecular complexity index is 578. The highest BCUT2D eigenvalue weighted by Gasteiger charge is 2.09. The summed E-state index contributed by atoms with van der Waals surface area (Å²) >= 11 is 11.1. The maximum atomic E-state index is 10.7. The summed E-state index contributed by atoms with van der Waals surface area (Å²) in [7, 11) is 0. The van der Waals surface area contributed by atoms with Gasteiger partial charge in [0, 0.05) is 0 Å². The van der Waals surface area contributed by atoms with Gasteiger partial charge in [0.1, 0.15) is 5.15 Å². The molecule has 0 fully saturated rings. The molecule has 1 aromatic carbocycles. The Morgan fingerprint density at radius 1 is 1.15 bits per heavy atom. The third kappa shape index (κ3) is 5.14. The molecule has 7 heteroatoms. The van der Waals surface area contributed by atoms with Gasteiger partial charge in [0.05, 0.1) is 22.9 Å². The third-order valence-corrected chi connectivity index (χ3v) is 2.65. The molecule has 0 unspecified atom stereocenters. The van der Waals surface area contributed by atoms with E-state index in [4.69, 9.17) is 33.6 Å². The highest BCUT2D eigenvalue weighted by atomic mass is 35.5. The molecule has 0 aliphatic heterocycles. The number of benzene rings is 1. The van der Waals surface area contributed by atoms with Crippen molar-refractivity contribution in [2.24, 2.45) is 0 Å². The molecular weight excluding hydrogens is 305 g/mol. The Kier molecular flexibility index (Phi) is 6.97. The van der Waals surface area contributed by atoms with Crippen molar-refractivity contribution in [1.29, 1.82) is 0 Å². The number of carbonyl (C=O) groups excluding carboxylic acids is 1. The van der Waals surface area contributed by atoms with Crippen molar-refractivity contribution < 1.29 is 20.0 Å². The molecule has 0 aliphatic rings. The number of aromatic nitrogens is 1. The maximum absolute atomic E-state index is 10.7. The van der Waals surface area contributed by atoms with Crippen LogP contribution in [0.2, 0.25) is 10.2 Å². The van der Waals surface area contributed by atoms with Gasteiger partial charge in [0.2, 0.25) is 0 Å². The molecule has 2 rings (SSSR count). The molecule has 2 aromatic rings. The van der Waals surface area contributed by atoms with Crippen LogP contribution in [-0.4, -0.2) is 21.3 Å². The van der Waals surface area contributed by atoms with E-state index in [1.807, 2.05) is 0 Å². The minimum atomic E-state index is -0.851. The smallest absolute Gasteiger partial charge is 0.374 e. The van der Waals surface area contributed by atoms with Gasteiger partial charge in [-0.25, -0.2) is 9.78 Å². The quantitative estimate of drug-likeness (QED) is 0.505. The summed E-state index contributed by atoms with van der Waals surface area (Å²) in [5.74, 6) is -0.851. The third-order valence-electron chi connectivity index (χ3n) is 2.11. The Morgan fingerprint density at radius 2 is 1.85 bits per heavy atom. The van der Waals surface area contributed by atoms with Crippen molar-refractivity contribution >= 4 is 29.2 Å². The van der Waals surface area contributed by atoms with Crippen LogP contribution in [0.25, 0.3) is 0 Å². The van der Waals surface area contributed by atoms with Crippen LogP contribution < -0.4 is 0 Å². The summed E-state index contributed by atoms with van der Waals surface area (Å²) < 4.78 is 0. The van der Waals surface area contributed by atoms with Crippen molar-refractivity contribution in [2.75, 3.05) is 0 Å². The molecule has 1 aromatic heterocycles. The number of rotatable bonds is 2. The number of hydrogen-bond acceptors (Lipinski definition) is 5. The molecule has 0 saturated carbocycles. The number of aliphatic hydroxyl groups is 1. The normalized spacial score (nSPS) is 9.40. The second-order valence-corrected chi connectivity index (χ2v) is 4.26. The zero-order valence-corrected chi connectivity index (χ0v) is 11.7. The van der Waals surface area contributed by atoms with Gasteiger partial charge in [0.25, 0.3) is 0 Å². The molecule has 0 saturated heterocycles. The zero-order valence-electron chi connectivity index (χ0n) is 10.2. The lowest BCUT2D eigenvalue weighted by Gasteiger charge is -1.97. The van der Waals surface area contributed by atoms with E-state index in [9.17, 15) is 4.79 Å². The van der Waals surface area contributed by atoms with Crippen molar-refractivity contribution in [3.8, 4) is 0 Å². The van der Waals surface area contributed by atoms with E-state index in [1.165, 1.54) is 12.1 Å². The van der Waals surface area contributed by atoms with Crippen LogP contribution in [0.1, 0.15) is 16.1 Å². The fraction of sp³-hybridized carbons (Fsp3) is 0.0769. The van der Waals surface area contributed by atoms with Crippen LogP contribution in [0.3, 0.4) is 0 Å². The highest BCUT2D eigenvalue weighted by molar-refractivity contribution is 6.33. The first kappa shape index (κ1) is 16.4. The van der Waals surface area contributed by atoms with Crippen LogP contribution >= 0.6 is 23.2 Å². The number of carbonyl (C=O) groups is 1. The molecule has 2 N–H and O–H groups in total. The predicted octanol–water partition coefficient (Wildman–Crippen LogP) is 3.20. The monoisotopic (exact) mass is 315 g/mol. The number of pyridine rings is 1. The van der Waals surface area contributed by atoms with Gasteiger partial charge in [0.15, 0.2) is 0 Å². The molecule has 0 atom stereocenters. The van der Waals surface area contributed by atoms with E-state index in [-0.39, 0.29) is 17.2 Å². The van der Waals surface area contributed by atoms with E-state index in [1.54, 1.807) is 30.3 Å². The molecule has 0 amide bonds. The molecule has 0 aliphatic carbocycles. The molecule has 106 valence electrons. The number of nitrogens with zero attached hydrogens (tertiary/aromatic N) is 1. The largest absolute Gasteiger partial charge is 0.390 e. The fourth-order valence-electron chi connectivity index (χ4n) is 1.21. The van der Waals surface area contributed by atoms with Crippen molar-refractivity contribution in [3.63, 3.8) is 0 Å². The highest BCUT2D eigenvalue weighted by Crippen LogP contribution is 2.15. The molecule has 0 spiro atoms. The number of aliphatic hydroxyl groups excluding tert-OH is 1. The lowest BCUT2D eigenvalue weighted by atomic mass is 10.2. The first-order chi connectivity index (χ1) is 9.58. The second-order valence-electron chi connectivity index (χ2n) is 3.47. The second kappa shape index (κ2) is 8.50. The van der Waals surface area contributed by atoms with Gasteiger partial charge >= 0.3 is 5.97 Å². The average Bonchev–Trinajstić information content (AvgIpc) is 2.47. The van der Waals surface area contributed by atoms with Gasteiger partial charge in [-0.2, -0.15) is 5.26 Å². The molecule has 20 heavy (non-hydrogen) atoms. The van der Waals surface area contributed by atoms with Gasteiger partial charge in [-0.3, -0.25) is 4.89 Å². The summed E-state index contributed by atoms with van der Waals surface area (Å²) in [6.45, 7) is -0.0550. The fourth-order valence-corrected chi connectivity index (χ4v) is 1.61. The summed E-state index contributed by atoms with van der Waals surface area (Å²) in [5.41, 5.74) is 0.749. The lowest BCUT2D eigenvalue weighted by Crippen LogP contribution is -2.01. The van der Waals surface area contributed by atoms with Crippen LogP contribution in [0.5, 0.6) is 0 Å². The Hall–Kier alpha value is -1.66. The Labute approximate surface area is 125 Å². The van der Waals surface area contributed by atoms with E-state index in [2.05, 4.69) is 9.87 Å². The van der Waals surface area contributed by atoms with Gasteiger partial charge in [-0.15, -0.1) is 0 Å². The average molecular weight is 316 g/mol. The molecule has 5 nitrogen and oxygen atoms in total. The minimum absolute atomic E-state index is 0.0550. The lowest BCUT2D eigenvalue weighted by molar-refractivity contribution is -0.182. The summed E-state index contributed by atoms with van der Waals surface area (Å²) in [6.07, 6.45) is 0. The van der Waals surface area contributed by atoms with E-state index in [0.29, 0.717) is 10.8 Å². The molecule has 0 radical (unpaired) electrons. The first-order valence-electron chi connectivity index (χ1n) is 5.41. The standard InChI is InChI=1S/C7H5ClO3.C6H6ClNO/c8-6-4-2-1-3-5(6)7(9)11-10;7-6-3-1-2-5(4-9)8-6/h1-4,10H;1-3,9H,4H2. The van der Waals surface area contributed by atoms with Crippen molar-refractivity contribution in [1.82, 2.24) is 4.98 Å². The molecule has 1 heterocycles. The van der Waals surface area contributed by atoms with Gasteiger partial charge < -0.3 is 5.11 Å². The van der Waals surface area contributed by atoms with Crippen molar-refractivity contribution in [2.45, 2.75) is 6.61 Å². The topological polar surface area (TPSA) is 79.7 Å². The van der Waals surface area contributed by atoms with Gasteiger partial charge in [-0.05, 0) is 24.3 Å². The Balaban J connectivity index is 0.000000204. The van der Waals surface area contributed by atoms with E-state index < -0.39 is 5.97 Å². The van der Waals surface area contributed by atoms with Crippen molar-refractivity contribution in [3.05, 3.63) is 63.9 Å². The van der Waals surface area contributed by atoms with Gasteiger partial charge in [-0.1, -0.05) is 41.4 Å². The van der Waals surface area contributed by atoms with Crippen LogP contribution in [0.15, 0.2) is 42.5 Å². The Morgan fingerprint density at radius 3 is 2.35 bits per heavy atom. The number of hydrogen-bond donors (Lipinski definition) is 2. The summed E-state index contributed by atoms with van der Waals surface area (Å²) in [6, 6.07) is 11.4. The first-order valence-corrected chi connectivity index (χ1v) is 6.16. The molecule has 0 bridgehead atoms. The van der Waals surface area contributed by atoms with Crippen LogP contribution in [-0.2, 0) is 11.5 Å². The summed E-state index contributed by atoms with van der Waals surface area (Å²) in [4.78, 5) is 18.0. The maximum Gasteiger partial charge on any atom is 0.374 e. The predicted molar refractivity (Wildman–Crippen MR) is 74.7 cm³/mol. The summed E-state index contributed by atoms with van der Waals surface area (Å²) in [5, 5.41) is 17.2. The van der Waals surface area contributed by atoms with Crippen LogP contribution in [0.4, 0.5) is 0 Å². The number of halogens is 2. The van der Waals surface area contributed by atoms with E-state index >= 15 is 0 Å². The van der Waals surface area contributed by atoms with E-state index in [0.717, 1.165) is 0 Å². The SMILES string of the molecule is O=C(OO)c1ccccc1Cl.OCc1cccc(Cl)n1.